The topological polar surface area (TPSA) is 49.0 Å². The summed E-state index contributed by atoms with van der Waals surface area (Å²) in [5.41, 5.74) is 1.12. The monoisotopic (exact) mass is 297 g/mol. The number of rotatable bonds is 11. The van der Waals surface area contributed by atoms with Crippen molar-refractivity contribution in [3.63, 3.8) is 0 Å². The average molecular weight is 297 g/mol. The zero-order chi connectivity index (χ0) is 15.5. The quantitative estimate of drug-likeness (QED) is 0.636. The maximum atomic E-state index is 5.66. The Morgan fingerprint density at radius 3 is 2.43 bits per heavy atom. The van der Waals surface area contributed by atoms with Gasteiger partial charge in [0, 0.05) is 7.11 Å². The van der Waals surface area contributed by atoms with E-state index in [0.717, 1.165) is 30.0 Å². The summed E-state index contributed by atoms with van der Waals surface area (Å²) in [6.45, 7) is 4.87. The lowest BCUT2D eigenvalue weighted by atomic mass is 10.1. The van der Waals surface area contributed by atoms with E-state index in [1.807, 2.05) is 18.2 Å². The summed E-state index contributed by atoms with van der Waals surface area (Å²) in [7, 11) is 4.95. The molecule has 5 nitrogen and oxygen atoms in total. The van der Waals surface area contributed by atoms with E-state index in [2.05, 4.69) is 12.2 Å². The number of ether oxygens (including phenoxy) is 4. The molecule has 120 valence electrons. The highest BCUT2D eigenvalue weighted by molar-refractivity contribution is 5.43. The molecule has 21 heavy (non-hydrogen) atoms. The van der Waals surface area contributed by atoms with Crippen molar-refractivity contribution in [3.05, 3.63) is 23.8 Å². The minimum absolute atomic E-state index is 0.126. The molecular weight excluding hydrogens is 270 g/mol. The van der Waals surface area contributed by atoms with Crippen molar-refractivity contribution < 1.29 is 18.9 Å². The third-order valence-corrected chi connectivity index (χ3v) is 3.17. The molecule has 0 saturated heterocycles. The van der Waals surface area contributed by atoms with Gasteiger partial charge in [0.15, 0.2) is 11.5 Å². The molecule has 0 bridgehead atoms. The van der Waals surface area contributed by atoms with Gasteiger partial charge in [-0.1, -0.05) is 13.0 Å². The van der Waals surface area contributed by atoms with Crippen molar-refractivity contribution in [3.8, 4) is 11.5 Å². The van der Waals surface area contributed by atoms with Crippen LogP contribution in [0.1, 0.15) is 24.9 Å². The van der Waals surface area contributed by atoms with Gasteiger partial charge in [-0.15, -0.1) is 0 Å². The lowest BCUT2D eigenvalue weighted by Crippen LogP contribution is -2.27. The van der Waals surface area contributed by atoms with Gasteiger partial charge >= 0.3 is 0 Å². The summed E-state index contributed by atoms with van der Waals surface area (Å²) in [5.74, 6) is 1.46. The Labute approximate surface area is 127 Å². The SMILES string of the molecule is CCCNC(COCCOC)c1ccc(OC)c(OC)c1. The van der Waals surface area contributed by atoms with E-state index in [1.54, 1.807) is 21.3 Å². The molecule has 0 aromatic heterocycles. The number of methoxy groups -OCH3 is 3. The highest BCUT2D eigenvalue weighted by atomic mass is 16.5. The van der Waals surface area contributed by atoms with Gasteiger partial charge in [-0.3, -0.25) is 0 Å². The molecule has 1 rings (SSSR count). The van der Waals surface area contributed by atoms with Crippen LogP contribution in [0.3, 0.4) is 0 Å². The molecule has 0 heterocycles. The fraction of sp³-hybridized carbons (Fsp3) is 0.625. The first-order valence-electron chi connectivity index (χ1n) is 7.28. The largest absolute Gasteiger partial charge is 0.493 e. The van der Waals surface area contributed by atoms with E-state index in [1.165, 1.54) is 0 Å². The number of hydrogen-bond donors (Lipinski definition) is 1. The second kappa shape index (κ2) is 10.4. The van der Waals surface area contributed by atoms with E-state index >= 15 is 0 Å². The van der Waals surface area contributed by atoms with Crippen molar-refractivity contribution >= 4 is 0 Å². The lowest BCUT2D eigenvalue weighted by Gasteiger charge is -2.20. The second-order valence-electron chi connectivity index (χ2n) is 4.69. The van der Waals surface area contributed by atoms with Crippen molar-refractivity contribution in [2.24, 2.45) is 0 Å². The van der Waals surface area contributed by atoms with Crippen LogP contribution in [0.5, 0.6) is 11.5 Å². The van der Waals surface area contributed by atoms with E-state index in [4.69, 9.17) is 18.9 Å². The van der Waals surface area contributed by atoms with E-state index in [0.29, 0.717) is 19.8 Å². The molecule has 1 N–H and O–H groups in total. The van der Waals surface area contributed by atoms with Crippen molar-refractivity contribution in [2.75, 3.05) is 47.7 Å². The Morgan fingerprint density at radius 2 is 1.81 bits per heavy atom. The number of benzene rings is 1. The van der Waals surface area contributed by atoms with Gasteiger partial charge in [-0.05, 0) is 30.7 Å². The van der Waals surface area contributed by atoms with Gasteiger partial charge in [0.2, 0.25) is 0 Å². The van der Waals surface area contributed by atoms with Gasteiger partial charge < -0.3 is 24.3 Å². The van der Waals surface area contributed by atoms with E-state index in [-0.39, 0.29) is 6.04 Å². The van der Waals surface area contributed by atoms with Crippen molar-refractivity contribution in [2.45, 2.75) is 19.4 Å². The Kier molecular flexibility index (Phi) is 8.82. The Hall–Kier alpha value is -1.30. The Bertz CT molecular complexity index is 398. The fourth-order valence-corrected chi connectivity index (χ4v) is 2.00. The molecule has 0 fully saturated rings. The average Bonchev–Trinajstić information content (AvgIpc) is 2.53. The predicted octanol–water partition coefficient (Wildman–Crippen LogP) is 2.41. The number of hydrogen-bond acceptors (Lipinski definition) is 5. The summed E-state index contributed by atoms with van der Waals surface area (Å²) in [4.78, 5) is 0. The van der Waals surface area contributed by atoms with Crippen LogP contribution >= 0.6 is 0 Å². The second-order valence-corrected chi connectivity index (χ2v) is 4.69. The predicted molar refractivity (Wildman–Crippen MR) is 83.3 cm³/mol. The summed E-state index contributed by atoms with van der Waals surface area (Å²) in [5, 5.41) is 3.49. The normalized spacial score (nSPS) is 12.2. The molecule has 0 spiro atoms. The standard InChI is InChI=1S/C16H27NO4/c1-5-8-17-14(12-21-10-9-18-2)13-6-7-15(19-3)16(11-13)20-4/h6-7,11,14,17H,5,8-10,12H2,1-4H3. The molecule has 0 aliphatic carbocycles. The highest BCUT2D eigenvalue weighted by Gasteiger charge is 2.14. The van der Waals surface area contributed by atoms with Crippen molar-refractivity contribution in [1.82, 2.24) is 5.32 Å². The molecule has 0 aliphatic heterocycles. The first-order valence-corrected chi connectivity index (χ1v) is 7.28. The van der Waals surface area contributed by atoms with Gasteiger partial charge in [-0.25, -0.2) is 0 Å². The summed E-state index contributed by atoms with van der Waals surface area (Å²) in [6, 6.07) is 6.08. The van der Waals surface area contributed by atoms with Gasteiger partial charge in [0.05, 0.1) is 40.1 Å². The van der Waals surface area contributed by atoms with E-state index < -0.39 is 0 Å². The van der Waals surface area contributed by atoms with Crippen LogP contribution in [0, 0.1) is 0 Å². The van der Waals surface area contributed by atoms with Crippen LogP contribution in [-0.4, -0.2) is 47.7 Å². The van der Waals surface area contributed by atoms with Gasteiger partial charge in [-0.2, -0.15) is 0 Å². The van der Waals surface area contributed by atoms with Crippen LogP contribution in [0.25, 0.3) is 0 Å². The minimum atomic E-state index is 0.126. The Balaban J connectivity index is 2.76. The molecular formula is C16H27NO4. The lowest BCUT2D eigenvalue weighted by molar-refractivity contribution is 0.0585. The molecule has 0 saturated carbocycles. The summed E-state index contributed by atoms with van der Waals surface area (Å²) in [6.07, 6.45) is 1.07. The van der Waals surface area contributed by atoms with Crippen LogP contribution < -0.4 is 14.8 Å². The molecule has 1 atom stereocenters. The minimum Gasteiger partial charge on any atom is -0.493 e. The molecule has 1 unspecified atom stereocenters. The number of nitrogens with one attached hydrogen (secondary N) is 1. The first kappa shape index (κ1) is 17.8. The maximum Gasteiger partial charge on any atom is 0.161 e. The van der Waals surface area contributed by atoms with Crippen molar-refractivity contribution in [1.29, 1.82) is 0 Å². The first-order chi connectivity index (χ1) is 10.3. The zero-order valence-corrected chi connectivity index (χ0v) is 13.5. The molecule has 1 aromatic carbocycles. The third-order valence-electron chi connectivity index (χ3n) is 3.17. The third kappa shape index (κ3) is 5.91. The molecule has 0 amide bonds. The molecule has 0 radical (unpaired) electrons. The smallest absolute Gasteiger partial charge is 0.161 e. The molecule has 5 heteroatoms. The highest BCUT2D eigenvalue weighted by Crippen LogP contribution is 2.30. The summed E-state index contributed by atoms with van der Waals surface area (Å²) >= 11 is 0. The van der Waals surface area contributed by atoms with Gasteiger partial charge in [0.1, 0.15) is 0 Å². The van der Waals surface area contributed by atoms with Crippen LogP contribution in [-0.2, 0) is 9.47 Å². The van der Waals surface area contributed by atoms with Gasteiger partial charge in [0.25, 0.3) is 0 Å². The Morgan fingerprint density at radius 1 is 1.05 bits per heavy atom. The summed E-state index contributed by atoms with van der Waals surface area (Å²) < 4.78 is 21.3. The fourth-order valence-electron chi connectivity index (χ4n) is 2.00. The molecule has 0 aliphatic rings. The van der Waals surface area contributed by atoms with Crippen LogP contribution in [0.2, 0.25) is 0 Å². The van der Waals surface area contributed by atoms with Crippen LogP contribution in [0.15, 0.2) is 18.2 Å². The van der Waals surface area contributed by atoms with E-state index in [9.17, 15) is 0 Å². The molecule has 1 aromatic rings. The maximum absolute atomic E-state index is 5.66. The van der Waals surface area contributed by atoms with Crippen LogP contribution in [0.4, 0.5) is 0 Å². The zero-order valence-electron chi connectivity index (χ0n) is 13.5.